The molecular weight excluding hydrogens is 669 g/mol. The first-order chi connectivity index (χ1) is 27.2. The van der Waals surface area contributed by atoms with Crippen LogP contribution in [0.1, 0.15) is 22.9 Å². The molecule has 9 aromatic carbocycles. The summed E-state index contributed by atoms with van der Waals surface area (Å²) in [5, 5.41) is 13.7. The molecule has 4 nitrogen and oxygen atoms in total. The van der Waals surface area contributed by atoms with Gasteiger partial charge in [-0.2, -0.15) is 0 Å². The van der Waals surface area contributed by atoms with Gasteiger partial charge in [0.15, 0.2) is 5.84 Å². The second kappa shape index (κ2) is 12.7. The van der Waals surface area contributed by atoms with E-state index in [9.17, 15) is 0 Å². The Hall–Kier alpha value is -7.30. The Morgan fingerprint density at radius 1 is 0.418 bits per heavy atom. The monoisotopic (exact) mass is 702 g/mol. The zero-order valence-corrected chi connectivity index (χ0v) is 29.9. The molecule has 1 atom stereocenters. The molecule has 1 unspecified atom stereocenters. The molecule has 1 aromatic heterocycles. The summed E-state index contributed by atoms with van der Waals surface area (Å²) >= 11 is 0. The largest absolute Gasteiger partial charge is 0.344 e. The summed E-state index contributed by atoms with van der Waals surface area (Å²) in [7, 11) is 0. The third-order valence-corrected chi connectivity index (χ3v) is 11.0. The molecule has 4 heteroatoms. The highest BCUT2D eigenvalue weighted by molar-refractivity contribution is 6.22. The van der Waals surface area contributed by atoms with Crippen molar-refractivity contribution in [3.8, 4) is 16.8 Å². The minimum Gasteiger partial charge on any atom is -0.344 e. The van der Waals surface area contributed by atoms with Gasteiger partial charge in [-0.15, -0.1) is 0 Å². The first kappa shape index (κ1) is 31.2. The molecule has 0 amide bonds. The lowest BCUT2D eigenvalue weighted by molar-refractivity contribution is 0.674. The predicted octanol–water partition coefficient (Wildman–Crippen LogP) is 12.4. The van der Waals surface area contributed by atoms with Crippen molar-refractivity contribution in [2.45, 2.75) is 6.17 Å². The van der Waals surface area contributed by atoms with Gasteiger partial charge in [0.25, 0.3) is 0 Å². The van der Waals surface area contributed by atoms with Crippen LogP contribution in [-0.2, 0) is 0 Å². The molecule has 0 fully saturated rings. The zero-order valence-electron chi connectivity index (χ0n) is 29.9. The first-order valence-corrected chi connectivity index (χ1v) is 18.8. The van der Waals surface area contributed by atoms with Crippen LogP contribution in [0.25, 0.3) is 70.9 Å². The highest BCUT2D eigenvalue weighted by atomic mass is 15.2. The third kappa shape index (κ3) is 5.30. The smallest absolute Gasteiger partial charge is 0.159 e. The van der Waals surface area contributed by atoms with Gasteiger partial charge in [-0.25, -0.2) is 9.98 Å². The second-order valence-corrected chi connectivity index (χ2v) is 14.3. The Bertz CT molecular complexity index is 3160. The number of fused-ring (bicyclic) bond motifs is 8. The van der Waals surface area contributed by atoms with E-state index >= 15 is 0 Å². The summed E-state index contributed by atoms with van der Waals surface area (Å²) in [5.41, 5.74) is 8.98. The maximum absolute atomic E-state index is 5.04. The first-order valence-electron chi connectivity index (χ1n) is 18.8. The zero-order chi connectivity index (χ0) is 36.3. The fourth-order valence-corrected chi connectivity index (χ4v) is 8.32. The van der Waals surface area contributed by atoms with Gasteiger partial charge in [0.2, 0.25) is 0 Å². The molecule has 2 heterocycles. The lowest BCUT2D eigenvalue weighted by Crippen LogP contribution is -2.33. The molecular formula is C51H34N4. The van der Waals surface area contributed by atoms with Crippen LogP contribution >= 0.6 is 0 Å². The van der Waals surface area contributed by atoms with E-state index in [2.05, 4.69) is 180 Å². The summed E-state index contributed by atoms with van der Waals surface area (Å²) in [4.78, 5) is 10.0. The van der Waals surface area contributed by atoms with E-state index in [0.29, 0.717) is 0 Å². The van der Waals surface area contributed by atoms with Crippen LogP contribution in [0.15, 0.2) is 204 Å². The maximum Gasteiger partial charge on any atom is 0.159 e. The third-order valence-electron chi connectivity index (χ3n) is 11.0. The van der Waals surface area contributed by atoms with Gasteiger partial charge < -0.3 is 9.88 Å². The molecule has 1 aliphatic rings. The van der Waals surface area contributed by atoms with Crippen LogP contribution in [-0.4, -0.2) is 16.2 Å². The van der Waals surface area contributed by atoms with Gasteiger partial charge in [0.05, 0.1) is 11.0 Å². The minimum atomic E-state index is -0.242. The highest BCUT2D eigenvalue weighted by Crippen LogP contribution is 2.39. The number of hydrogen-bond acceptors (Lipinski definition) is 3. The number of amidine groups is 2. The van der Waals surface area contributed by atoms with Crippen molar-refractivity contribution in [1.82, 2.24) is 9.88 Å². The van der Waals surface area contributed by atoms with Crippen molar-refractivity contribution >= 4 is 65.8 Å². The molecule has 258 valence electrons. The average molecular weight is 703 g/mol. The maximum atomic E-state index is 5.04. The van der Waals surface area contributed by atoms with E-state index in [0.717, 1.165) is 34.0 Å². The van der Waals surface area contributed by atoms with Crippen LogP contribution in [0.4, 0.5) is 0 Å². The Morgan fingerprint density at radius 2 is 1.04 bits per heavy atom. The molecule has 11 rings (SSSR count). The van der Waals surface area contributed by atoms with Crippen molar-refractivity contribution < 1.29 is 0 Å². The van der Waals surface area contributed by atoms with E-state index < -0.39 is 0 Å². The van der Waals surface area contributed by atoms with Crippen LogP contribution < -0.4 is 5.32 Å². The SMILES string of the molecule is c1ccc(C2=NC(c3ccccc3)NC(c3ccc(-n4c5ccccc5c5c6cc(-c7ccc8c(ccc9ccccc98)c7)ccc6ccc54)cc3)=N2)cc1. The molecule has 1 N–H and O–H groups in total. The van der Waals surface area contributed by atoms with Gasteiger partial charge >= 0.3 is 0 Å². The second-order valence-electron chi connectivity index (χ2n) is 14.3. The molecule has 0 bridgehead atoms. The standard InChI is InChI=1S/C51H34N4/c1-3-12-35(13-4-1)49-52-50(36-14-5-2-6-15-36)54-51(53-49)37-23-27-41(28-24-37)55-46-18-10-9-17-44(46)48-45-32-39(21-19-34(45)26-30-47(48)55)38-25-29-43-40(31-38)22-20-33-11-7-8-16-42(33)43/h1-32,49H,(H,52,53,54). The summed E-state index contributed by atoms with van der Waals surface area (Å²) in [6.45, 7) is 0. The normalized spacial score (nSPS) is 14.4. The molecule has 0 spiro atoms. The predicted molar refractivity (Wildman–Crippen MR) is 231 cm³/mol. The van der Waals surface area contributed by atoms with Crippen LogP contribution in [0.5, 0.6) is 0 Å². The highest BCUT2D eigenvalue weighted by Gasteiger charge is 2.21. The molecule has 10 aromatic rings. The number of nitrogens with zero attached hydrogens (tertiary/aromatic N) is 3. The van der Waals surface area contributed by atoms with E-state index in [1.807, 2.05) is 24.3 Å². The van der Waals surface area contributed by atoms with E-state index in [1.165, 1.54) is 65.3 Å². The molecule has 1 aliphatic heterocycles. The Morgan fingerprint density at radius 3 is 1.89 bits per heavy atom. The lowest BCUT2D eigenvalue weighted by atomic mass is 9.95. The van der Waals surface area contributed by atoms with Gasteiger partial charge in [-0.3, -0.25) is 0 Å². The van der Waals surface area contributed by atoms with Gasteiger partial charge in [0.1, 0.15) is 12.0 Å². The molecule has 0 saturated carbocycles. The molecule has 0 aliphatic carbocycles. The van der Waals surface area contributed by atoms with Crippen molar-refractivity contribution in [1.29, 1.82) is 0 Å². The fraction of sp³-hybridized carbons (Fsp3) is 0.0196. The van der Waals surface area contributed by atoms with Crippen LogP contribution in [0.2, 0.25) is 0 Å². The Kier molecular flexibility index (Phi) is 7.20. The molecule has 0 saturated heterocycles. The number of para-hydroxylation sites is 1. The van der Waals surface area contributed by atoms with Gasteiger partial charge in [-0.05, 0) is 97.5 Å². The van der Waals surface area contributed by atoms with Crippen molar-refractivity contribution in [2.24, 2.45) is 9.98 Å². The Balaban J connectivity index is 1.01. The number of aliphatic imine (C=N–C) groups is 2. The summed E-state index contributed by atoms with van der Waals surface area (Å²) in [5.74, 6) is 1.52. The van der Waals surface area contributed by atoms with E-state index in [1.54, 1.807) is 0 Å². The number of hydrogen-bond donors (Lipinski definition) is 1. The van der Waals surface area contributed by atoms with E-state index in [4.69, 9.17) is 9.98 Å². The summed E-state index contributed by atoms with van der Waals surface area (Å²) in [6, 6.07) is 69.4. The van der Waals surface area contributed by atoms with Gasteiger partial charge in [-0.1, -0.05) is 146 Å². The average Bonchev–Trinajstić information content (AvgIpc) is 3.61. The topological polar surface area (TPSA) is 41.7 Å². The quantitative estimate of drug-likeness (QED) is 0.178. The number of aromatic nitrogens is 1. The number of benzene rings is 9. The van der Waals surface area contributed by atoms with Crippen molar-refractivity contribution in [3.63, 3.8) is 0 Å². The van der Waals surface area contributed by atoms with E-state index in [-0.39, 0.29) is 6.17 Å². The number of rotatable bonds is 5. The lowest BCUT2D eigenvalue weighted by Gasteiger charge is -2.23. The molecule has 55 heavy (non-hydrogen) atoms. The van der Waals surface area contributed by atoms with Crippen molar-refractivity contribution in [3.05, 3.63) is 211 Å². The Labute approximate surface area is 318 Å². The summed E-state index contributed by atoms with van der Waals surface area (Å²) < 4.78 is 2.39. The van der Waals surface area contributed by atoms with Crippen LogP contribution in [0, 0.1) is 0 Å². The minimum absolute atomic E-state index is 0.242. The van der Waals surface area contributed by atoms with Gasteiger partial charge in [0, 0.05) is 27.6 Å². The summed E-state index contributed by atoms with van der Waals surface area (Å²) in [6.07, 6.45) is -0.242. The number of nitrogens with one attached hydrogen (secondary N) is 1. The van der Waals surface area contributed by atoms with Crippen molar-refractivity contribution in [2.75, 3.05) is 0 Å². The molecule has 0 radical (unpaired) electrons. The fourth-order valence-electron chi connectivity index (χ4n) is 8.32. The van der Waals surface area contributed by atoms with Crippen LogP contribution in [0.3, 0.4) is 0 Å².